The maximum atomic E-state index is 13.2. The molecular weight excluding hydrogens is 383 g/mol. The van der Waals surface area contributed by atoms with Crippen LogP contribution in [-0.2, 0) is 11.2 Å². The Balaban J connectivity index is 1.74. The summed E-state index contributed by atoms with van der Waals surface area (Å²) in [5.74, 6) is -0.223. The first-order chi connectivity index (χ1) is 12.1. The molecule has 0 fully saturated rings. The lowest BCUT2D eigenvalue weighted by atomic mass is 10.1. The second-order valence-electron chi connectivity index (χ2n) is 4.95. The van der Waals surface area contributed by atoms with E-state index < -0.39 is 11.7 Å². The fraction of sp³-hybridized carbons (Fsp3) is 0.176. The van der Waals surface area contributed by atoms with Gasteiger partial charge in [0.15, 0.2) is 0 Å². The number of rotatable bonds is 8. The maximum absolute atomic E-state index is 13.2. The van der Waals surface area contributed by atoms with Crippen LogP contribution in [0.5, 0.6) is 0 Å². The number of hydrogen-bond donors (Lipinski definition) is 2. The second-order valence-corrected chi connectivity index (χ2v) is 7.81. The highest BCUT2D eigenvalue weighted by Crippen LogP contribution is 2.35. The Morgan fingerprint density at radius 2 is 2.04 bits per heavy atom. The highest BCUT2D eigenvalue weighted by atomic mass is 35.5. The van der Waals surface area contributed by atoms with Crippen LogP contribution in [0, 0.1) is 5.82 Å². The van der Waals surface area contributed by atoms with Gasteiger partial charge in [-0.25, -0.2) is 4.39 Å². The standard InChI is InChI=1S/C17H16ClFN2O2S2/c18-14-6-1-2-7-16(14)25-24-9-8-20-17(22)15(21-23)11-12-4-3-5-13(19)10-12/h1-7,10,23H,8-9,11H2,(H,20,22)/b21-15+. The molecule has 0 heterocycles. The summed E-state index contributed by atoms with van der Waals surface area (Å²) in [6, 6.07) is 13.3. The van der Waals surface area contributed by atoms with Crippen molar-refractivity contribution in [2.45, 2.75) is 11.3 Å². The normalized spacial score (nSPS) is 11.4. The molecule has 0 spiro atoms. The predicted molar refractivity (Wildman–Crippen MR) is 102 cm³/mol. The van der Waals surface area contributed by atoms with Gasteiger partial charge in [0.2, 0.25) is 0 Å². The summed E-state index contributed by atoms with van der Waals surface area (Å²) < 4.78 is 13.2. The lowest BCUT2D eigenvalue weighted by molar-refractivity contribution is -0.114. The van der Waals surface area contributed by atoms with Crippen molar-refractivity contribution in [3.63, 3.8) is 0 Å². The molecule has 0 aliphatic rings. The third-order valence-electron chi connectivity index (χ3n) is 3.10. The molecule has 0 saturated heterocycles. The molecule has 2 aromatic rings. The summed E-state index contributed by atoms with van der Waals surface area (Å²) in [5.41, 5.74) is 0.501. The van der Waals surface area contributed by atoms with Gasteiger partial charge in [-0.3, -0.25) is 4.79 Å². The molecule has 0 bridgehead atoms. The summed E-state index contributed by atoms with van der Waals surface area (Å²) in [5, 5.41) is 15.4. The fourth-order valence-corrected chi connectivity index (χ4v) is 4.31. The van der Waals surface area contributed by atoms with E-state index in [1.807, 2.05) is 24.3 Å². The minimum Gasteiger partial charge on any atom is -0.410 e. The summed E-state index contributed by atoms with van der Waals surface area (Å²) in [6.07, 6.45) is 0.0572. The number of nitrogens with one attached hydrogen (secondary N) is 1. The second kappa shape index (κ2) is 10.3. The van der Waals surface area contributed by atoms with Gasteiger partial charge in [-0.1, -0.05) is 62.6 Å². The number of carbonyl (C=O) groups excluding carboxylic acids is 1. The molecule has 0 atom stereocenters. The van der Waals surface area contributed by atoms with Crippen molar-refractivity contribution in [1.82, 2.24) is 5.32 Å². The van der Waals surface area contributed by atoms with Crippen LogP contribution in [0.15, 0.2) is 58.6 Å². The van der Waals surface area contributed by atoms with Gasteiger partial charge in [0, 0.05) is 23.6 Å². The van der Waals surface area contributed by atoms with Crippen LogP contribution in [0.25, 0.3) is 0 Å². The van der Waals surface area contributed by atoms with Gasteiger partial charge in [0.05, 0.1) is 5.02 Å². The zero-order valence-corrected chi connectivity index (χ0v) is 15.5. The molecule has 2 N–H and O–H groups in total. The van der Waals surface area contributed by atoms with Gasteiger partial charge < -0.3 is 10.5 Å². The Morgan fingerprint density at radius 1 is 1.24 bits per heavy atom. The largest absolute Gasteiger partial charge is 0.410 e. The minimum absolute atomic E-state index is 0.0572. The Hall–Kier alpha value is -1.70. The van der Waals surface area contributed by atoms with Crippen molar-refractivity contribution in [2.24, 2.45) is 5.16 Å². The summed E-state index contributed by atoms with van der Waals surface area (Å²) in [4.78, 5) is 13.0. The first-order valence-corrected chi connectivity index (χ1v) is 10.1. The molecule has 2 rings (SSSR count). The zero-order valence-electron chi connectivity index (χ0n) is 13.1. The molecule has 0 aliphatic carbocycles. The van der Waals surface area contributed by atoms with Crippen molar-refractivity contribution in [3.8, 4) is 0 Å². The summed E-state index contributed by atoms with van der Waals surface area (Å²) >= 11 is 6.06. The van der Waals surface area contributed by atoms with Crippen LogP contribution in [-0.4, -0.2) is 29.1 Å². The molecule has 25 heavy (non-hydrogen) atoms. The third kappa shape index (κ3) is 6.61. The van der Waals surface area contributed by atoms with Gasteiger partial charge in [0.1, 0.15) is 11.5 Å². The number of oxime groups is 1. The molecule has 132 valence electrons. The molecule has 0 saturated carbocycles. The van der Waals surface area contributed by atoms with E-state index in [4.69, 9.17) is 16.8 Å². The van der Waals surface area contributed by atoms with Crippen molar-refractivity contribution in [3.05, 3.63) is 64.9 Å². The zero-order chi connectivity index (χ0) is 18.1. The van der Waals surface area contributed by atoms with E-state index in [2.05, 4.69) is 10.5 Å². The van der Waals surface area contributed by atoms with Crippen LogP contribution < -0.4 is 5.32 Å². The van der Waals surface area contributed by atoms with Crippen LogP contribution in [0.2, 0.25) is 5.02 Å². The molecule has 0 unspecified atom stereocenters. The number of hydrogen-bond acceptors (Lipinski definition) is 5. The Labute approximate surface area is 158 Å². The number of amides is 1. The van der Waals surface area contributed by atoms with Crippen molar-refractivity contribution in [1.29, 1.82) is 0 Å². The van der Waals surface area contributed by atoms with E-state index in [0.717, 1.165) is 4.90 Å². The van der Waals surface area contributed by atoms with Crippen molar-refractivity contribution in [2.75, 3.05) is 12.3 Å². The molecule has 8 heteroatoms. The molecule has 0 aromatic heterocycles. The average molecular weight is 399 g/mol. The van der Waals surface area contributed by atoms with Crippen molar-refractivity contribution < 1.29 is 14.4 Å². The topological polar surface area (TPSA) is 61.7 Å². The third-order valence-corrected chi connectivity index (χ3v) is 5.96. The van der Waals surface area contributed by atoms with Crippen LogP contribution in [0.3, 0.4) is 0 Å². The van der Waals surface area contributed by atoms with Crippen LogP contribution in [0.1, 0.15) is 5.56 Å². The maximum Gasteiger partial charge on any atom is 0.269 e. The number of nitrogens with zero attached hydrogens (tertiary/aromatic N) is 1. The Bertz CT molecular complexity index is 759. The van der Waals surface area contributed by atoms with E-state index in [1.54, 1.807) is 22.9 Å². The van der Waals surface area contributed by atoms with Crippen LogP contribution >= 0.6 is 33.2 Å². The van der Waals surface area contributed by atoms with Crippen molar-refractivity contribution >= 4 is 44.8 Å². The smallest absolute Gasteiger partial charge is 0.269 e. The first kappa shape index (κ1) is 19.6. The monoisotopic (exact) mass is 398 g/mol. The van der Waals surface area contributed by atoms with E-state index in [0.29, 0.717) is 22.9 Å². The first-order valence-electron chi connectivity index (χ1n) is 7.37. The molecule has 0 aliphatic heterocycles. The lowest BCUT2D eigenvalue weighted by Crippen LogP contribution is -2.33. The van der Waals surface area contributed by atoms with Gasteiger partial charge in [0.25, 0.3) is 5.91 Å². The SMILES string of the molecule is O=C(NCCSSc1ccccc1Cl)/C(Cc1cccc(F)c1)=N/O. The van der Waals surface area contributed by atoms with Gasteiger partial charge in [-0.05, 0) is 29.8 Å². The number of benzene rings is 2. The molecule has 1 amide bonds. The Kier molecular flexibility index (Phi) is 8.11. The van der Waals surface area contributed by atoms with Crippen LogP contribution in [0.4, 0.5) is 4.39 Å². The van der Waals surface area contributed by atoms with E-state index in [9.17, 15) is 9.18 Å². The highest BCUT2D eigenvalue weighted by Gasteiger charge is 2.13. The number of halogens is 2. The van der Waals surface area contributed by atoms with E-state index in [-0.39, 0.29) is 12.1 Å². The lowest BCUT2D eigenvalue weighted by Gasteiger charge is -2.07. The summed E-state index contributed by atoms with van der Waals surface area (Å²) in [7, 11) is 3.08. The quantitative estimate of drug-likeness (QED) is 0.227. The molecule has 4 nitrogen and oxygen atoms in total. The van der Waals surface area contributed by atoms with E-state index >= 15 is 0 Å². The summed E-state index contributed by atoms with van der Waals surface area (Å²) in [6.45, 7) is 0.406. The molecular formula is C17H16ClFN2O2S2. The Morgan fingerprint density at radius 3 is 2.76 bits per heavy atom. The van der Waals surface area contributed by atoms with Gasteiger partial charge in [-0.2, -0.15) is 0 Å². The van der Waals surface area contributed by atoms with Gasteiger partial charge >= 0.3 is 0 Å². The minimum atomic E-state index is -0.477. The fourth-order valence-electron chi connectivity index (χ4n) is 1.93. The highest BCUT2D eigenvalue weighted by molar-refractivity contribution is 8.76. The van der Waals surface area contributed by atoms with E-state index in [1.165, 1.54) is 22.9 Å². The number of carbonyl (C=O) groups is 1. The average Bonchev–Trinajstić information content (AvgIpc) is 2.60. The predicted octanol–water partition coefficient (Wildman–Crippen LogP) is 4.41. The molecule has 0 radical (unpaired) electrons. The van der Waals surface area contributed by atoms with Gasteiger partial charge in [-0.15, -0.1) is 0 Å². The molecule has 2 aromatic carbocycles.